The quantitative estimate of drug-likeness (QED) is 0.822. The smallest absolute Gasteiger partial charge is 0.244 e. The van der Waals surface area contributed by atoms with Crippen molar-refractivity contribution in [1.29, 1.82) is 0 Å². The van der Waals surface area contributed by atoms with Gasteiger partial charge in [-0.15, -0.1) is 0 Å². The van der Waals surface area contributed by atoms with Gasteiger partial charge in [-0.2, -0.15) is 0 Å². The fourth-order valence-electron chi connectivity index (χ4n) is 2.85. The number of carbonyl (C=O) groups is 1. The molecule has 1 aliphatic carbocycles. The Morgan fingerprint density at radius 3 is 2.86 bits per heavy atom. The third-order valence-corrected chi connectivity index (χ3v) is 4.77. The fourth-order valence-corrected chi connectivity index (χ4v) is 3.07. The summed E-state index contributed by atoms with van der Waals surface area (Å²) >= 11 is 5.92. The number of hydrogen-bond acceptors (Lipinski definition) is 1. The zero-order chi connectivity index (χ0) is 15.4. The van der Waals surface area contributed by atoms with E-state index < -0.39 is 5.82 Å². The van der Waals surface area contributed by atoms with Gasteiger partial charge in [-0.05, 0) is 36.5 Å². The molecule has 1 aromatic carbocycles. The van der Waals surface area contributed by atoms with Crippen molar-refractivity contribution < 1.29 is 9.18 Å². The first-order valence-electron chi connectivity index (χ1n) is 7.41. The first kappa shape index (κ1) is 16.0. The standard InChI is InChI=1S/C17H21ClFNO/c1-11-5-3-8-16(12(11)2)20-17(21)10-9-13-14(18)6-4-7-15(13)19/h4,6-7,9-12,16H,3,5,8H2,1-2H3,(H,20,21)/b10-9+/t11-,12+,16+/m1/s1. The molecule has 1 fully saturated rings. The van der Waals surface area contributed by atoms with Gasteiger partial charge in [-0.25, -0.2) is 4.39 Å². The molecule has 0 radical (unpaired) electrons. The normalized spacial score (nSPS) is 26.0. The minimum atomic E-state index is -0.425. The number of amides is 1. The summed E-state index contributed by atoms with van der Waals surface area (Å²) < 4.78 is 13.6. The van der Waals surface area contributed by atoms with Gasteiger partial charge in [0, 0.05) is 17.7 Å². The van der Waals surface area contributed by atoms with Crippen molar-refractivity contribution >= 4 is 23.6 Å². The van der Waals surface area contributed by atoms with E-state index in [0.29, 0.717) is 16.9 Å². The second kappa shape index (κ2) is 7.08. The van der Waals surface area contributed by atoms with Crippen LogP contribution in [0.15, 0.2) is 24.3 Å². The number of carbonyl (C=O) groups excluding carboxylic acids is 1. The zero-order valence-electron chi connectivity index (χ0n) is 12.4. The van der Waals surface area contributed by atoms with Gasteiger partial charge in [-0.3, -0.25) is 4.79 Å². The predicted octanol–water partition coefficient (Wildman–Crippen LogP) is 4.43. The lowest BCUT2D eigenvalue weighted by molar-refractivity contribution is -0.117. The van der Waals surface area contributed by atoms with Crippen LogP contribution in [0.25, 0.3) is 6.08 Å². The average molecular weight is 310 g/mol. The SMILES string of the molecule is C[C@H]1[C@H](C)CCC[C@@H]1NC(=O)/C=C/c1c(F)cccc1Cl. The lowest BCUT2D eigenvalue weighted by atomic mass is 9.78. The van der Waals surface area contributed by atoms with Crippen LogP contribution in [0.3, 0.4) is 0 Å². The summed E-state index contributed by atoms with van der Waals surface area (Å²) in [5, 5.41) is 3.32. The highest BCUT2D eigenvalue weighted by Crippen LogP contribution is 2.29. The van der Waals surface area contributed by atoms with Crippen LogP contribution >= 0.6 is 11.6 Å². The topological polar surface area (TPSA) is 29.1 Å². The summed E-state index contributed by atoms with van der Waals surface area (Å²) in [5.41, 5.74) is 0.249. The Bertz CT molecular complexity index is 523. The van der Waals surface area contributed by atoms with Crippen molar-refractivity contribution in [2.75, 3.05) is 0 Å². The molecule has 1 saturated carbocycles. The summed E-state index contributed by atoms with van der Waals surface area (Å²) in [5.74, 6) is 0.466. The molecule has 0 aromatic heterocycles. The molecular formula is C17H21ClFNO. The Labute approximate surface area is 130 Å². The molecule has 1 amide bonds. The summed E-state index contributed by atoms with van der Waals surface area (Å²) in [6.45, 7) is 4.39. The van der Waals surface area contributed by atoms with Crippen LogP contribution in [0.1, 0.15) is 38.7 Å². The monoisotopic (exact) mass is 309 g/mol. The van der Waals surface area contributed by atoms with Crippen molar-refractivity contribution in [2.45, 2.75) is 39.2 Å². The van der Waals surface area contributed by atoms with Gasteiger partial charge in [-0.1, -0.05) is 44.4 Å². The van der Waals surface area contributed by atoms with E-state index in [1.165, 1.54) is 24.6 Å². The Kier molecular flexibility index (Phi) is 5.40. The van der Waals surface area contributed by atoms with Crippen LogP contribution in [0.5, 0.6) is 0 Å². The van der Waals surface area contributed by atoms with Crippen LogP contribution in [0.4, 0.5) is 4.39 Å². The van der Waals surface area contributed by atoms with Crippen molar-refractivity contribution in [3.63, 3.8) is 0 Å². The summed E-state index contributed by atoms with van der Waals surface area (Å²) in [6.07, 6.45) is 6.15. The maximum atomic E-state index is 13.6. The van der Waals surface area contributed by atoms with Gasteiger partial charge in [0.05, 0.1) is 5.02 Å². The lowest BCUT2D eigenvalue weighted by Crippen LogP contribution is -2.43. The molecule has 1 aliphatic rings. The van der Waals surface area contributed by atoms with Crippen LogP contribution in [0, 0.1) is 17.7 Å². The van der Waals surface area contributed by atoms with E-state index in [1.54, 1.807) is 12.1 Å². The Morgan fingerprint density at radius 1 is 1.38 bits per heavy atom. The zero-order valence-corrected chi connectivity index (χ0v) is 13.2. The van der Waals surface area contributed by atoms with Crippen LogP contribution < -0.4 is 5.32 Å². The highest BCUT2D eigenvalue weighted by atomic mass is 35.5. The van der Waals surface area contributed by atoms with E-state index in [1.807, 2.05) is 0 Å². The van der Waals surface area contributed by atoms with E-state index in [-0.39, 0.29) is 17.5 Å². The number of rotatable bonds is 3. The van der Waals surface area contributed by atoms with E-state index in [9.17, 15) is 9.18 Å². The third-order valence-electron chi connectivity index (χ3n) is 4.44. The second-order valence-corrected chi connectivity index (χ2v) is 6.26. The fraction of sp³-hybridized carbons (Fsp3) is 0.471. The summed E-state index contributed by atoms with van der Waals surface area (Å²) in [6, 6.07) is 4.67. The molecule has 2 nitrogen and oxygen atoms in total. The van der Waals surface area contributed by atoms with Crippen LogP contribution in [-0.2, 0) is 4.79 Å². The van der Waals surface area contributed by atoms with Gasteiger partial charge < -0.3 is 5.32 Å². The molecule has 0 bridgehead atoms. The summed E-state index contributed by atoms with van der Waals surface area (Å²) in [4.78, 5) is 12.0. The number of benzene rings is 1. The van der Waals surface area contributed by atoms with E-state index in [4.69, 9.17) is 11.6 Å². The van der Waals surface area contributed by atoms with Crippen LogP contribution in [0.2, 0.25) is 5.02 Å². The highest BCUT2D eigenvalue weighted by Gasteiger charge is 2.27. The number of nitrogens with one attached hydrogen (secondary N) is 1. The first-order valence-corrected chi connectivity index (χ1v) is 7.79. The van der Waals surface area contributed by atoms with Crippen molar-refractivity contribution in [3.05, 3.63) is 40.7 Å². The first-order chi connectivity index (χ1) is 9.99. The molecule has 21 heavy (non-hydrogen) atoms. The van der Waals surface area contributed by atoms with E-state index >= 15 is 0 Å². The van der Waals surface area contributed by atoms with Gasteiger partial charge in [0.15, 0.2) is 0 Å². The van der Waals surface area contributed by atoms with Crippen molar-refractivity contribution in [2.24, 2.45) is 11.8 Å². The predicted molar refractivity (Wildman–Crippen MR) is 84.6 cm³/mol. The Balaban J connectivity index is 2.00. The molecular weight excluding hydrogens is 289 g/mol. The highest BCUT2D eigenvalue weighted by molar-refractivity contribution is 6.32. The average Bonchev–Trinajstić information content (AvgIpc) is 2.43. The second-order valence-electron chi connectivity index (χ2n) is 5.85. The molecule has 1 N–H and O–H groups in total. The molecule has 1 aromatic rings. The minimum absolute atomic E-state index is 0.194. The van der Waals surface area contributed by atoms with Gasteiger partial charge >= 0.3 is 0 Å². The molecule has 0 heterocycles. The van der Waals surface area contributed by atoms with Gasteiger partial charge in [0.2, 0.25) is 5.91 Å². The molecule has 0 spiro atoms. The number of halogens is 2. The minimum Gasteiger partial charge on any atom is -0.350 e. The Hall–Kier alpha value is -1.35. The largest absolute Gasteiger partial charge is 0.350 e. The molecule has 0 saturated heterocycles. The molecule has 0 aliphatic heterocycles. The van der Waals surface area contributed by atoms with Crippen molar-refractivity contribution in [3.8, 4) is 0 Å². The van der Waals surface area contributed by atoms with Gasteiger partial charge in [0.1, 0.15) is 5.82 Å². The Morgan fingerprint density at radius 2 is 2.14 bits per heavy atom. The molecule has 3 atom stereocenters. The molecule has 0 unspecified atom stereocenters. The molecule has 4 heteroatoms. The molecule has 2 rings (SSSR count). The van der Waals surface area contributed by atoms with Crippen LogP contribution in [-0.4, -0.2) is 11.9 Å². The van der Waals surface area contributed by atoms with Gasteiger partial charge in [0.25, 0.3) is 0 Å². The van der Waals surface area contributed by atoms with E-state index in [0.717, 1.165) is 12.8 Å². The summed E-state index contributed by atoms with van der Waals surface area (Å²) in [7, 11) is 0. The maximum Gasteiger partial charge on any atom is 0.244 e. The maximum absolute atomic E-state index is 13.6. The molecule has 114 valence electrons. The lowest BCUT2D eigenvalue weighted by Gasteiger charge is -2.34. The van der Waals surface area contributed by atoms with E-state index in [2.05, 4.69) is 19.2 Å². The number of hydrogen-bond donors (Lipinski definition) is 1. The van der Waals surface area contributed by atoms with Crippen molar-refractivity contribution in [1.82, 2.24) is 5.32 Å². The third kappa shape index (κ3) is 4.07.